The summed E-state index contributed by atoms with van der Waals surface area (Å²) in [7, 11) is 0. The zero-order valence-corrected chi connectivity index (χ0v) is 10.4. The van der Waals surface area contributed by atoms with Crippen LogP contribution in [0.15, 0.2) is 6.20 Å². The van der Waals surface area contributed by atoms with Gasteiger partial charge in [-0.2, -0.15) is 0 Å². The van der Waals surface area contributed by atoms with Gasteiger partial charge in [0.05, 0.1) is 5.69 Å². The topological polar surface area (TPSA) is 41.1 Å². The van der Waals surface area contributed by atoms with Crippen molar-refractivity contribution in [1.82, 2.24) is 15.3 Å². The lowest BCUT2D eigenvalue weighted by Gasteiger charge is -2.27. The minimum Gasteiger partial charge on any atom is -0.338 e. The zero-order valence-electron chi connectivity index (χ0n) is 10.4. The molecule has 92 valence electrons. The monoisotopic (exact) mass is 232 g/mol. The van der Waals surface area contributed by atoms with Gasteiger partial charge in [0, 0.05) is 38.3 Å². The normalized spacial score (nSPS) is 23.8. The third-order valence-electron chi connectivity index (χ3n) is 3.93. The molecular weight excluding hydrogens is 212 g/mol. The largest absolute Gasteiger partial charge is 0.338 e. The van der Waals surface area contributed by atoms with Crippen molar-refractivity contribution in [3.8, 4) is 0 Å². The first-order chi connectivity index (χ1) is 8.38. The maximum atomic E-state index is 4.82. The molecule has 0 radical (unpaired) electrons. The lowest BCUT2D eigenvalue weighted by molar-refractivity contribution is 0.576. The van der Waals surface area contributed by atoms with E-state index in [1.807, 2.05) is 0 Å². The molecule has 1 unspecified atom stereocenters. The average molecular weight is 232 g/mol. The number of rotatable bonds is 2. The molecule has 4 nitrogen and oxygen atoms in total. The number of hydrogen-bond acceptors (Lipinski definition) is 4. The molecule has 1 aliphatic carbocycles. The minimum absolute atomic E-state index is 0.662. The fourth-order valence-electron chi connectivity index (χ4n) is 2.84. The Bertz CT molecular complexity index is 398. The van der Waals surface area contributed by atoms with Crippen molar-refractivity contribution in [3.05, 3.63) is 17.5 Å². The lowest BCUT2D eigenvalue weighted by atomic mass is 10.0. The molecule has 2 heterocycles. The maximum Gasteiger partial charge on any atom is 0.225 e. The van der Waals surface area contributed by atoms with Crippen LogP contribution < -0.4 is 10.2 Å². The summed E-state index contributed by atoms with van der Waals surface area (Å²) in [6, 6.07) is 0. The van der Waals surface area contributed by atoms with E-state index in [2.05, 4.69) is 28.3 Å². The van der Waals surface area contributed by atoms with Crippen LogP contribution >= 0.6 is 0 Å². The Hall–Kier alpha value is -1.16. The number of aryl methyl sites for hydroxylation is 1. The fraction of sp³-hybridized carbons (Fsp3) is 0.692. The van der Waals surface area contributed by atoms with Crippen molar-refractivity contribution in [1.29, 1.82) is 0 Å². The van der Waals surface area contributed by atoms with Crippen LogP contribution in [-0.2, 0) is 6.42 Å². The average Bonchev–Trinajstić information content (AvgIpc) is 2.81. The van der Waals surface area contributed by atoms with Crippen LogP contribution in [0.3, 0.4) is 0 Å². The van der Waals surface area contributed by atoms with Gasteiger partial charge in [0.2, 0.25) is 5.95 Å². The van der Waals surface area contributed by atoms with Crippen molar-refractivity contribution in [2.75, 3.05) is 31.1 Å². The van der Waals surface area contributed by atoms with E-state index in [9.17, 15) is 0 Å². The van der Waals surface area contributed by atoms with Gasteiger partial charge in [-0.1, -0.05) is 6.92 Å². The molecule has 1 aromatic heterocycles. The SMILES string of the molecule is CCC1CCc2cnc(N3CCNCC3)nc21. The first-order valence-electron chi connectivity index (χ1n) is 6.70. The van der Waals surface area contributed by atoms with E-state index in [1.165, 1.54) is 24.1 Å². The van der Waals surface area contributed by atoms with Crippen LogP contribution in [0.2, 0.25) is 0 Å². The molecule has 1 atom stereocenters. The fourth-order valence-corrected chi connectivity index (χ4v) is 2.84. The molecule has 1 aromatic rings. The Kier molecular flexibility index (Phi) is 2.97. The van der Waals surface area contributed by atoms with E-state index < -0.39 is 0 Å². The summed E-state index contributed by atoms with van der Waals surface area (Å²) < 4.78 is 0. The third-order valence-corrected chi connectivity index (χ3v) is 3.93. The zero-order chi connectivity index (χ0) is 11.7. The molecule has 0 bridgehead atoms. The Morgan fingerprint density at radius 2 is 2.24 bits per heavy atom. The highest BCUT2D eigenvalue weighted by Gasteiger charge is 2.24. The highest BCUT2D eigenvalue weighted by Crippen LogP contribution is 2.34. The first kappa shape index (κ1) is 11.0. The van der Waals surface area contributed by atoms with Crippen molar-refractivity contribution < 1.29 is 0 Å². The van der Waals surface area contributed by atoms with Crippen LogP contribution in [0.1, 0.15) is 36.9 Å². The standard InChI is InChI=1S/C13H20N4/c1-2-10-3-4-11-9-15-13(16-12(10)11)17-7-5-14-6-8-17/h9-10,14H,2-8H2,1H3. The van der Waals surface area contributed by atoms with Crippen molar-refractivity contribution >= 4 is 5.95 Å². The van der Waals surface area contributed by atoms with Crippen LogP contribution in [0.5, 0.6) is 0 Å². The van der Waals surface area contributed by atoms with E-state index in [0.29, 0.717) is 5.92 Å². The molecule has 17 heavy (non-hydrogen) atoms. The molecule has 1 aliphatic heterocycles. The van der Waals surface area contributed by atoms with E-state index in [4.69, 9.17) is 4.98 Å². The second-order valence-corrected chi connectivity index (χ2v) is 4.96. The highest BCUT2D eigenvalue weighted by atomic mass is 15.3. The molecular formula is C13H20N4. The van der Waals surface area contributed by atoms with Crippen LogP contribution in [0.25, 0.3) is 0 Å². The van der Waals surface area contributed by atoms with Gasteiger partial charge in [-0.15, -0.1) is 0 Å². The predicted molar refractivity (Wildman–Crippen MR) is 68.5 cm³/mol. The van der Waals surface area contributed by atoms with Gasteiger partial charge in [0.1, 0.15) is 0 Å². The van der Waals surface area contributed by atoms with Gasteiger partial charge in [-0.05, 0) is 24.8 Å². The van der Waals surface area contributed by atoms with Crippen molar-refractivity contribution in [2.24, 2.45) is 0 Å². The van der Waals surface area contributed by atoms with Gasteiger partial charge >= 0.3 is 0 Å². The van der Waals surface area contributed by atoms with Crippen molar-refractivity contribution in [2.45, 2.75) is 32.1 Å². The number of anilines is 1. The molecule has 2 aliphatic rings. The number of nitrogens with zero attached hydrogens (tertiary/aromatic N) is 3. The molecule has 3 rings (SSSR count). The van der Waals surface area contributed by atoms with Gasteiger partial charge in [-0.3, -0.25) is 0 Å². The summed E-state index contributed by atoms with van der Waals surface area (Å²) in [5.74, 6) is 1.60. The first-order valence-corrected chi connectivity index (χ1v) is 6.70. The molecule has 0 saturated carbocycles. The smallest absolute Gasteiger partial charge is 0.225 e. The quantitative estimate of drug-likeness (QED) is 0.835. The maximum absolute atomic E-state index is 4.82. The number of aromatic nitrogens is 2. The summed E-state index contributed by atoms with van der Waals surface area (Å²) in [4.78, 5) is 11.6. The Morgan fingerprint density at radius 3 is 3.00 bits per heavy atom. The van der Waals surface area contributed by atoms with Gasteiger partial charge in [0.15, 0.2) is 0 Å². The van der Waals surface area contributed by atoms with Gasteiger partial charge in [-0.25, -0.2) is 9.97 Å². The Morgan fingerprint density at radius 1 is 1.41 bits per heavy atom. The van der Waals surface area contributed by atoms with E-state index in [0.717, 1.165) is 38.5 Å². The summed E-state index contributed by atoms with van der Waals surface area (Å²) in [5.41, 5.74) is 2.69. The molecule has 0 spiro atoms. The molecule has 0 amide bonds. The number of nitrogens with one attached hydrogen (secondary N) is 1. The predicted octanol–water partition coefficient (Wildman–Crippen LogP) is 1.33. The molecule has 1 N–H and O–H groups in total. The second-order valence-electron chi connectivity index (χ2n) is 4.96. The molecule has 0 aromatic carbocycles. The van der Waals surface area contributed by atoms with Crippen molar-refractivity contribution in [3.63, 3.8) is 0 Å². The van der Waals surface area contributed by atoms with E-state index >= 15 is 0 Å². The summed E-state index contributed by atoms with van der Waals surface area (Å²) in [5, 5.41) is 3.36. The van der Waals surface area contributed by atoms with Crippen LogP contribution in [-0.4, -0.2) is 36.1 Å². The summed E-state index contributed by atoms with van der Waals surface area (Å²) in [6.07, 6.45) is 5.67. The molecule has 1 fully saturated rings. The van der Waals surface area contributed by atoms with Crippen LogP contribution in [0.4, 0.5) is 5.95 Å². The lowest BCUT2D eigenvalue weighted by Crippen LogP contribution is -2.44. The highest BCUT2D eigenvalue weighted by molar-refractivity contribution is 5.37. The number of hydrogen-bond donors (Lipinski definition) is 1. The molecule has 4 heteroatoms. The van der Waals surface area contributed by atoms with E-state index in [-0.39, 0.29) is 0 Å². The second kappa shape index (κ2) is 4.61. The minimum atomic E-state index is 0.662. The Labute approximate surface area is 102 Å². The van der Waals surface area contributed by atoms with E-state index in [1.54, 1.807) is 0 Å². The number of fused-ring (bicyclic) bond motifs is 1. The summed E-state index contributed by atoms with van der Waals surface area (Å²) >= 11 is 0. The summed E-state index contributed by atoms with van der Waals surface area (Å²) in [6.45, 7) is 6.38. The van der Waals surface area contributed by atoms with Crippen LogP contribution in [0, 0.1) is 0 Å². The third kappa shape index (κ3) is 2.02. The number of piperazine rings is 1. The van der Waals surface area contributed by atoms with Gasteiger partial charge < -0.3 is 10.2 Å². The molecule has 1 saturated heterocycles. The Balaban J connectivity index is 1.86. The van der Waals surface area contributed by atoms with Gasteiger partial charge in [0.25, 0.3) is 0 Å².